The number of aliphatic hydroxyl groups excluding tert-OH is 2. The van der Waals surface area contributed by atoms with E-state index in [9.17, 15) is 35.1 Å². The lowest BCUT2D eigenvalue weighted by Gasteiger charge is -2.64. The van der Waals surface area contributed by atoms with Gasteiger partial charge in [-0.1, -0.05) is 19.9 Å². The highest BCUT2D eigenvalue weighted by atomic mass is 16.7. The molecule has 7 aliphatic rings. The standard InChI is InChI=1S/C34H51NO10/c1-7-17(3)29(39)44-28-26(38)25-19(15-35-14-16(2)8-9-23(35)31(25,6)40)20-13-32-27(33(20,28)41)21(37)12-22-30(32,5)11-10-24(43-18(4)36)34(22,42)45-32/h7,16,19-28,37-38,40-42H,8-15H2,1-6H3/t16-,19-,20+,21+,22+,23+,24+,25-,26+,27-,28-,30+,31+,32-,33-,34+/m1/s1. The van der Waals surface area contributed by atoms with Crippen molar-refractivity contribution in [3.63, 3.8) is 0 Å². The molecule has 4 saturated carbocycles. The summed E-state index contributed by atoms with van der Waals surface area (Å²) in [7, 11) is 0. The van der Waals surface area contributed by atoms with Gasteiger partial charge in [-0.25, -0.2) is 4.79 Å². The summed E-state index contributed by atoms with van der Waals surface area (Å²) in [5.74, 6) is -6.08. The fourth-order valence-corrected chi connectivity index (χ4v) is 12.2. The molecule has 0 aromatic carbocycles. The van der Waals surface area contributed by atoms with Crippen LogP contribution in [0.1, 0.15) is 80.1 Å². The number of allylic oxidation sites excluding steroid dienone is 1. The van der Waals surface area contributed by atoms with E-state index in [0.717, 1.165) is 19.4 Å². The van der Waals surface area contributed by atoms with Gasteiger partial charge in [0.15, 0.2) is 12.2 Å². The maximum Gasteiger partial charge on any atom is 0.333 e. The average Bonchev–Trinajstić information content (AvgIpc) is 3.24. The zero-order valence-corrected chi connectivity index (χ0v) is 27.3. The zero-order chi connectivity index (χ0) is 32.6. The second-order valence-corrected chi connectivity index (χ2v) is 16.2. The monoisotopic (exact) mass is 633 g/mol. The Balaban J connectivity index is 1.39. The predicted octanol–water partition coefficient (Wildman–Crippen LogP) is 1.27. The number of carbonyl (C=O) groups excluding carboxylic acids is 2. The van der Waals surface area contributed by atoms with Gasteiger partial charge in [-0.2, -0.15) is 0 Å². The molecule has 16 atom stereocenters. The fourth-order valence-electron chi connectivity index (χ4n) is 12.2. The number of hydrogen-bond donors (Lipinski definition) is 5. The van der Waals surface area contributed by atoms with Gasteiger partial charge in [0, 0.05) is 54.8 Å². The van der Waals surface area contributed by atoms with Crippen molar-refractivity contribution in [3.05, 3.63) is 11.6 Å². The van der Waals surface area contributed by atoms with Crippen LogP contribution in [-0.4, -0.2) is 109 Å². The summed E-state index contributed by atoms with van der Waals surface area (Å²) in [6.45, 7) is 11.9. The number of fused-ring (bicyclic) bond motifs is 5. The maximum atomic E-state index is 13.4. The van der Waals surface area contributed by atoms with Crippen LogP contribution in [0.25, 0.3) is 0 Å². The number of ether oxygens (including phenoxy) is 3. The largest absolute Gasteiger partial charge is 0.457 e. The summed E-state index contributed by atoms with van der Waals surface area (Å²) in [4.78, 5) is 27.7. The van der Waals surface area contributed by atoms with Crippen LogP contribution in [0.5, 0.6) is 0 Å². The number of rotatable bonds is 3. The molecular formula is C34H51NO10. The fraction of sp³-hybridized carbons (Fsp3) is 0.882. The third-order valence-corrected chi connectivity index (χ3v) is 14.1. The van der Waals surface area contributed by atoms with Gasteiger partial charge in [-0.05, 0) is 77.0 Å². The summed E-state index contributed by atoms with van der Waals surface area (Å²) in [6, 6.07) is -0.203. The molecule has 0 aromatic heterocycles. The molecule has 3 aliphatic heterocycles. The first-order chi connectivity index (χ1) is 21.0. The second kappa shape index (κ2) is 9.96. The van der Waals surface area contributed by atoms with E-state index in [4.69, 9.17) is 14.2 Å². The molecule has 252 valence electrons. The van der Waals surface area contributed by atoms with Gasteiger partial charge in [0.25, 0.3) is 0 Å². The average molecular weight is 634 g/mol. The topological polar surface area (TPSA) is 166 Å². The molecule has 4 bridgehead atoms. The van der Waals surface area contributed by atoms with Gasteiger partial charge in [0.1, 0.15) is 5.60 Å². The van der Waals surface area contributed by atoms with Crippen LogP contribution in [0, 0.1) is 40.9 Å². The van der Waals surface area contributed by atoms with Gasteiger partial charge >= 0.3 is 11.9 Å². The minimum Gasteiger partial charge on any atom is -0.457 e. The molecule has 0 amide bonds. The Hall–Kier alpha value is -1.60. The summed E-state index contributed by atoms with van der Waals surface area (Å²) in [5, 5.41) is 62.1. The number of esters is 2. The molecule has 0 aromatic rings. The minimum atomic E-state index is -1.94. The predicted molar refractivity (Wildman–Crippen MR) is 159 cm³/mol. The van der Waals surface area contributed by atoms with E-state index in [1.165, 1.54) is 6.92 Å². The summed E-state index contributed by atoms with van der Waals surface area (Å²) < 4.78 is 18.5. The van der Waals surface area contributed by atoms with Crippen LogP contribution in [-0.2, 0) is 23.8 Å². The van der Waals surface area contributed by atoms with Gasteiger partial charge in [-0.3, -0.25) is 9.69 Å². The van der Waals surface area contributed by atoms with Crippen LogP contribution in [0.3, 0.4) is 0 Å². The Morgan fingerprint density at radius 2 is 1.73 bits per heavy atom. The quantitative estimate of drug-likeness (QED) is 0.224. The van der Waals surface area contributed by atoms with Crippen LogP contribution >= 0.6 is 0 Å². The Kier molecular flexibility index (Phi) is 7.08. The van der Waals surface area contributed by atoms with Gasteiger partial charge in [0.05, 0.1) is 23.4 Å². The Bertz CT molecular complexity index is 1300. The first-order valence-corrected chi connectivity index (χ1v) is 17.0. The first kappa shape index (κ1) is 32.0. The van der Waals surface area contributed by atoms with E-state index < -0.39 is 93.9 Å². The smallest absolute Gasteiger partial charge is 0.333 e. The van der Waals surface area contributed by atoms with E-state index in [-0.39, 0.29) is 18.9 Å². The van der Waals surface area contributed by atoms with Gasteiger partial charge in [-0.15, -0.1) is 0 Å². The number of hydrogen-bond acceptors (Lipinski definition) is 11. The molecule has 11 heteroatoms. The first-order valence-electron chi connectivity index (χ1n) is 17.0. The minimum absolute atomic E-state index is 0.0778. The molecule has 0 radical (unpaired) electrons. The Morgan fingerprint density at radius 3 is 2.40 bits per heavy atom. The lowest BCUT2D eigenvalue weighted by molar-refractivity contribution is -0.298. The van der Waals surface area contributed by atoms with Gasteiger partial charge < -0.3 is 39.7 Å². The molecule has 7 fully saturated rings. The van der Waals surface area contributed by atoms with E-state index >= 15 is 0 Å². The van der Waals surface area contributed by atoms with Crippen LogP contribution in [0.15, 0.2) is 11.6 Å². The molecule has 4 aliphatic carbocycles. The number of aliphatic hydroxyl groups is 5. The van der Waals surface area contributed by atoms with Crippen LogP contribution in [0.2, 0.25) is 0 Å². The Morgan fingerprint density at radius 1 is 1.02 bits per heavy atom. The number of piperidine rings is 2. The van der Waals surface area contributed by atoms with E-state index in [1.54, 1.807) is 26.8 Å². The third-order valence-electron chi connectivity index (χ3n) is 14.1. The van der Waals surface area contributed by atoms with E-state index in [1.807, 2.05) is 6.92 Å². The zero-order valence-electron chi connectivity index (χ0n) is 27.3. The van der Waals surface area contributed by atoms with Crippen molar-refractivity contribution in [2.45, 2.75) is 133 Å². The molecule has 5 N–H and O–H groups in total. The van der Waals surface area contributed by atoms with Crippen molar-refractivity contribution in [2.24, 2.45) is 40.9 Å². The molecule has 3 saturated heterocycles. The maximum absolute atomic E-state index is 13.4. The van der Waals surface area contributed by atoms with Crippen molar-refractivity contribution in [2.75, 3.05) is 13.1 Å². The highest BCUT2D eigenvalue weighted by Crippen LogP contribution is 2.77. The molecule has 45 heavy (non-hydrogen) atoms. The SMILES string of the molecule is CC=C(C)C(=O)O[C@@H]1[C@@H](O)[C@H]2[C@H](CN3C[C@H](C)CC[C@H]3[C@]2(C)O)[C@@H]2C[C@]34O[C@]5(O)[C@@H](OC(C)=O)CC[C@@]3(C)[C@@H]5C[C@H](O)[C@H]4[C@@]12O. The van der Waals surface area contributed by atoms with Crippen molar-refractivity contribution >= 4 is 11.9 Å². The highest BCUT2D eigenvalue weighted by molar-refractivity contribution is 5.87. The number of carbonyl (C=O) groups is 2. The highest BCUT2D eigenvalue weighted by Gasteiger charge is 2.87. The van der Waals surface area contributed by atoms with Crippen molar-refractivity contribution in [1.29, 1.82) is 0 Å². The summed E-state index contributed by atoms with van der Waals surface area (Å²) in [6.07, 6.45) is -0.501. The molecule has 1 spiro atoms. The van der Waals surface area contributed by atoms with Crippen molar-refractivity contribution in [1.82, 2.24) is 4.90 Å². The molecular weight excluding hydrogens is 582 g/mol. The molecule has 11 nitrogen and oxygen atoms in total. The van der Waals surface area contributed by atoms with Gasteiger partial charge in [0.2, 0.25) is 5.79 Å². The third kappa shape index (κ3) is 3.89. The Labute approximate surface area is 264 Å². The summed E-state index contributed by atoms with van der Waals surface area (Å²) in [5.41, 5.74) is -4.98. The van der Waals surface area contributed by atoms with E-state index in [0.29, 0.717) is 30.9 Å². The normalized spacial score (nSPS) is 56.9. The van der Waals surface area contributed by atoms with E-state index in [2.05, 4.69) is 11.8 Å². The van der Waals surface area contributed by atoms with Crippen LogP contribution in [0.4, 0.5) is 0 Å². The molecule has 0 unspecified atom stereocenters. The van der Waals surface area contributed by atoms with Crippen molar-refractivity contribution in [3.8, 4) is 0 Å². The lowest BCUT2D eigenvalue weighted by Crippen LogP contribution is -2.77. The number of nitrogens with zero attached hydrogens (tertiary/aromatic N) is 1. The lowest BCUT2D eigenvalue weighted by atomic mass is 9.49. The van der Waals surface area contributed by atoms with Crippen molar-refractivity contribution < 1.29 is 49.3 Å². The molecule has 7 rings (SSSR count). The summed E-state index contributed by atoms with van der Waals surface area (Å²) >= 11 is 0. The van der Waals surface area contributed by atoms with Crippen LogP contribution < -0.4 is 0 Å². The second-order valence-electron chi connectivity index (χ2n) is 16.2. The molecule has 3 heterocycles.